The van der Waals surface area contributed by atoms with Crippen LogP contribution in [0, 0.1) is 0 Å². The van der Waals surface area contributed by atoms with Crippen molar-refractivity contribution < 1.29 is 0 Å². The maximum atomic E-state index is 4.51. The molecule has 0 bridgehead atoms. The molecule has 1 aliphatic rings. The van der Waals surface area contributed by atoms with E-state index in [4.69, 9.17) is 0 Å². The van der Waals surface area contributed by atoms with Crippen LogP contribution in [-0.2, 0) is 5.54 Å². The van der Waals surface area contributed by atoms with Crippen LogP contribution >= 0.6 is 0 Å². The molecule has 2 rings (SSSR count). The largest absolute Gasteiger partial charge is 0.286 e. The van der Waals surface area contributed by atoms with Gasteiger partial charge in [-0.2, -0.15) is 0 Å². The van der Waals surface area contributed by atoms with Gasteiger partial charge < -0.3 is 0 Å². The van der Waals surface area contributed by atoms with Gasteiger partial charge in [0.25, 0.3) is 0 Å². The van der Waals surface area contributed by atoms with Gasteiger partial charge in [0.05, 0.1) is 5.54 Å². The average Bonchev–Trinajstić information content (AvgIpc) is 2.55. The molecule has 0 N–H and O–H groups in total. The van der Waals surface area contributed by atoms with E-state index >= 15 is 0 Å². The Bertz CT molecular complexity index is 289. The second-order valence-electron chi connectivity index (χ2n) is 3.49. The molecule has 1 aromatic carbocycles. The Morgan fingerprint density at radius 2 is 2.00 bits per heavy atom. The van der Waals surface area contributed by atoms with Gasteiger partial charge in [0.2, 0.25) is 0 Å². The van der Waals surface area contributed by atoms with Crippen LogP contribution in [-0.4, -0.2) is 6.21 Å². The molecule has 0 amide bonds. The van der Waals surface area contributed by atoms with Crippen LogP contribution in [0.2, 0.25) is 0 Å². The number of hydrogen-bond donors (Lipinski definition) is 0. The number of aliphatic imine (C=N–C) groups is 1. The van der Waals surface area contributed by atoms with Gasteiger partial charge in [-0.3, -0.25) is 4.99 Å². The lowest BCUT2D eigenvalue weighted by molar-refractivity contribution is 0.497. The van der Waals surface area contributed by atoms with Crippen molar-refractivity contribution in [2.24, 2.45) is 4.99 Å². The van der Waals surface area contributed by atoms with Gasteiger partial charge in [-0.1, -0.05) is 30.3 Å². The van der Waals surface area contributed by atoms with Gasteiger partial charge >= 0.3 is 0 Å². The molecule has 12 heavy (non-hydrogen) atoms. The summed E-state index contributed by atoms with van der Waals surface area (Å²) in [4.78, 5) is 4.51. The van der Waals surface area contributed by atoms with E-state index in [1.54, 1.807) is 0 Å². The van der Waals surface area contributed by atoms with Crippen LogP contribution in [0.3, 0.4) is 0 Å². The second kappa shape index (κ2) is 2.74. The third-order valence-electron chi connectivity index (χ3n) is 2.53. The van der Waals surface area contributed by atoms with Gasteiger partial charge in [0.15, 0.2) is 0 Å². The molecule has 1 heterocycles. The molecule has 1 atom stereocenters. The van der Waals surface area contributed by atoms with Gasteiger partial charge in [-0.05, 0) is 31.5 Å². The average molecular weight is 159 g/mol. The predicted octanol–water partition coefficient (Wildman–Crippen LogP) is 2.77. The number of hydrogen-bond acceptors (Lipinski definition) is 1. The van der Waals surface area contributed by atoms with Gasteiger partial charge in [-0.25, -0.2) is 0 Å². The van der Waals surface area contributed by atoms with Crippen LogP contribution in [0.1, 0.15) is 25.3 Å². The molecule has 0 radical (unpaired) electrons. The summed E-state index contributed by atoms with van der Waals surface area (Å²) < 4.78 is 0. The van der Waals surface area contributed by atoms with Gasteiger partial charge in [0.1, 0.15) is 0 Å². The van der Waals surface area contributed by atoms with Crippen molar-refractivity contribution in [2.45, 2.75) is 25.3 Å². The minimum absolute atomic E-state index is 0.0568. The van der Waals surface area contributed by atoms with Crippen LogP contribution in [0.4, 0.5) is 0 Å². The standard InChI is InChI=1S/C11H13N/c1-11(8-5-9-12-11)10-6-3-2-4-7-10/h2-4,6-7,9H,5,8H2,1H3/t11-/m0/s1. The lowest BCUT2D eigenvalue weighted by Gasteiger charge is -2.20. The Hall–Kier alpha value is -1.11. The summed E-state index contributed by atoms with van der Waals surface area (Å²) in [5, 5.41) is 0. The Kier molecular flexibility index (Phi) is 1.72. The van der Waals surface area contributed by atoms with Gasteiger partial charge in [0, 0.05) is 0 Å². The summed E-state index contributed by atoms with van der Waals surface area (Å²) >= 11 is 0. The van der Waals surface area contributed by atoms with Crippen molar-refractivity contribution in [3.63, 3.8) is 0 Å². The monoisotopic (exact) mass is 159 g/mol. The van der Waals surface area contributed by atoms with E-state index in [0.717, 1.165) is 12.8 Å². The fourth-order valence-corrected chi connectivity index (χ4v) is 1.69. The fraction of sp³-hybridized carbons (Fsp3) is 0.364. The van der Waals surface area contributed by atoms with E-state index in [1.165, 1.54) is 5.56 Å². The zero-order valence-corrected chi connectivity index (χ0v) is 7.33. The summed E-state index contributed by atoms with van der Waals surface area (Å²) in [6, 6.07) is 10.5. The molecule has 0 unspecified atom stereocenters. The first-order valence-corrected chi connectivity index (χ1v) is 4.40. The van der Waals surface area contributed by atoms with Crippen LogP contribution in [0.5, 0.6) is 0 Å². The molecule has 1 aliphatic heterocycles. The molecule has 1 heteroatoms. The maximum Gasteiger partial charge on any atom is 0.0828 e. The molecule has 0 spiro atoms. The topological polar surface area (TPSA) is 12.4 Å². The summed E-state index contributed by atoms with van der Waals surface area (Å²) in [5.41, 5.74) is 1.39. The third-order valence-corrected chi connectivity index (χ3v) is 2.53. The number of benzene rings is 1. The van der Waals surface area contributed by atoms with E-state index in [-0.39, 0.29) is 5.54 Å². The molecule has 62 valence electrons. The van der Waals surface area contributed by atoms with Crippen molar-refractivity contribution in [3.8, 4) is 0 Å². The Morgan fingerprint density at radius 3 is 2.58 bits per heavy atom. The maximum absolute atomic E-state index is 4.51. The normalized spacial score (nSPS) is 27.8. The summed E-state index contributed by atoms with van der Waals surface area (Å²) in [5.74, 6) is 0. The predicted molar refractivity (Wildman–Crippen MR) is 51.5 cm³/mol. The van der Waals surface area contributed by atoms with Crippen LogP contribution < -0.4 is 0 Å². The summed E-state index contributed by atoms with van der Waals surface area (Å²) in [6.45, 7) is 2.20. The fourth-order valence-electron chi connectivity index (χ4n) is 1.69. The van der Waals surface area contributed by atoms with Crippen molar-refractivity contribution in [1.82, 2.24) is 0 Å². The van der Waals surface area contributed by atoms with E-state index in [1.807, 2.05) is 12.3 Å². The molecule has 1 aromatic rings. The second-order valence-corrected chi connectivity index (χ2v) is 3.49. The zero-order chi connectivity index (χ0) is 8.44. The van der Waals surface area contributed by atoms with Gasteiger partial charge in [-0.15, -0.1) is 0 Å². The van der Waals surface area contributed by atoms with Crippen molar-refractivity contribution in [1.29, 1.82) is 0 Å². The van der Waals surface area contributed by atoms with Crippen molar-refractivity contribution >= 4 is 6.21 Å². The highest BCUT2D eigenvalue weighted by Gasteiger charge is 2.26. The Balaban J connectivity index is 2.36. The molecular weight excluding hydrogens is 146 g/mol. The lowest BCUT2D eigenvalue weighted by atomic mass is 9.90. The third kappa shape index (κ3) is 1.15. The molecule has 0 fully saturated rings. The van der Waals surface area contributed by atoms with E-state index in [9.17, 15) is 0 Å². The first-order chi connectivity index (χ1) is 5.81. The Labute approximate surface area is 73.1 Å². The highest BCUT2D eigenvalue weighted by Crippen LogP contribution is 2.33. The van der Waals surface area contributed by atoms with E-state index in [0.29, 0.717) is 0 Å². The van der Waals surface area contributed by atoms with Crippen LogP contribution in [0.15, 0.2) is 35.3 Å². The van der Waals surface area contributed by atoms with E-state index < -0.39 is 0 Å². The molecule has 1 nitrogen and oxygen atoms in total. The first-order valence-electron chi connectivity index (χ1n) is 4.40. The SMILES string of the molecule is C[C@@]1(c2ccccc2)CCC=N1. The van der Waals surface area contributed by atoms with Crippen LogP contribution in [0.25, 0.3) is 0 Å². The molecule has 0 saturated carbocycles. The summed E-state index contributed by atoms with van der Waals surface area (Å²) in [6.07, 6.45) is 4.30. The zero-order valence-electron chi connectivity index (χ0n) is 7.33. The van der Waals surface area contributed by atoms with Crippen molar-refractivity contribution in [2.75, 3.05) is 0 Å². The quantitative estimate of drug-likeness (QED) is 0.597. The molecule has 0 aromatic heterocycles. The smallest absolute Gasteiger partial charge is 0.0828 e. The highest BCUT2D eigenvalue weighted by atomic mass is 14.9. The molecule has 0 saturated heterocycles. The molecular formula is C11H13N. The number of rotatable bonds is 1. The Morgan fingerprint density at radius 1 is 1.25 bits per heavy atom. The minimum atomic E-state index is 0.0568. The van der Waals surface area contributed by atoms with Crippen molar-refractivity contribution in [3.05, 3.63) is 35.9 Å². The lowest BCUT2D eigenvalue weighted by Crippen LogP contribution is -2.14. The highest BCUT2D eigenvalue weighted by molar-refractivity contribution is 5.61. The summed E-state index contributed by atoms with van der Waals surface area (Å²) in [7, 11) is 0. The van der Waals surface area contributed by atoms with E-state index in [2.05, 4.69) is 36.2 Å². The molecule has 0 aliphatic carbocycles. The minimum Gasteiger partial charge on any atom is -0.286 e. The first kappa shape index (κ1) is 7.53. The number of nitrogens with zero attached hydrogens (tertiary/aromatic N) is 1.